The van der Waals surface area contributed by atoms with Gasteiger partial charge in [0.2, 0.25) is 10.0 Å². The highest BCUT2D eigenvalue weighted by atomic mass is 32.2. The van der Waals surface area contributed by atoms with Gasteiger partial charge in [-0.25, -0.2) is 13.1 Å². The summed E-state index contributed by atoms with van der Waals surface area (Å²) in [5.74, 6) is 0.00896. The van der Waals surface area contributed by atoms with Gasteiger partial charge in [-0.1, -0.05) is 11.6 Å². The van der Waals surface area contributed by atoms with Crippen LogP contribution < -0.4 is 10.0 Å². The Kier molecular flexibility index (Phi) is 5.40. The van der Waals surface area contributed by atoms with Gasteiger partial charge in [-0.2, -0.15) is 0 Å². The lowest BCUT2D eigenvalue weighted by atomic mass is 10.1. The Labute approximate surface area is 97.3 Å². The van der Waals surface area contributed by atoms with Gasteiger partial charge in [0.05, 0.1) is 11.9 Å². The highest BCUT2D eigenvalue weighted by Crippen LogP contribution is 2.03. The number of nitrogens with one attached hydrogen (secondary N) is 2. The molecular weight excluding hydrogens is 228 g/mol. The second kappa shape index (κ2) is 6.34. The van der Waals surface area contributed by atoms with Crippen molar-refractivity contribution in [3.63, 3.8) is 0 Å². The molecule has 0 aromatic carbocycles. The number of methoxy groups -OCH3 is 1. The molecule has 6 heteroatoms. The SMILES string of the molecule is COC(C)CS(=O)(=O)NCC1=CCNCC1. The third kappa shape index (κ3) is 5.07. The predicted octanol–water partition coefficient (Wildman–Crippen LogP) is -0.140. The molecule has 0 aromatic heterocycles. The van der Waals surface area contributed by atoms with Gasteiger partial charge in [0, 0.05) is 20.2 Å². The summed E-state index contributed by atoms with van der Waals surface area (Å²) < 4.78 is 30.7. The van der Waals surface area contributed by atoms with E-state index in [1.54, 1.807) is 6.92 Å². The second-order valence-electron chi connectivity index (χ2n) is 3.97. The van der Waals surface area contributed by atoms with Crippen LogP contribution in [0.25, 0.3) is 0 Å². The number of ether oxygens (including phenoxy) is 1. The quantitative estimate of drug-likeness (QED) is 0.642. The molecular formula is C10H20N2O3S. The third-order valence-corrected chi connectivity index (χ3v) is 4.03. The van der Waals surface area contributed by atoms with Crippen molar-refractivity contribution in [2.45, 2.75) is 19.4 Å². The molecule has 1 unspecified atom stereocenters. The standard InChI is InChI=1S/C10H20N2O3S/c1-9(15-2)8-16(13,14)12-7-10-3-5-11-6-4-10/h3,9,11-12H,4-8H2,1-2H3. The summed E-state index contributed by atoms with van der Waals surface area (Å²) in [5, 5.41) is 3.18. The van der Waals surface area contributed by atoms with Gasteiger partial charge in [0.15, 0.2) is 0 Å². The molecule has 5 nitrogen and oxygen atoms in total. The van der Waals surface area contributed by atoms with Crippen LogP contribution >= 0.6 is 0 Å². The van der Waals surface area contributed by atoms with Gasteiger partial charge < -0.3 is 10.1 Å². The van der Waals surface area contributed by atoms with Crippen molar-refractivity contribution in [1.82, 2.24) is 10.0 Å². The van der Waals surface area contributed by atoms with Gasteiger partial charge in [0.25, 0.3) is 0 Å². The highest BCUT2D eigenvalue weighted by molar-refractivity contribution is 7.89. The summed E-state index contributed by atoms with van der Waals surface area (Å²) in [6, 6.07) is 0. The first-order valence-electron chi connectivity index (χ1n) is 5.42. The Balaban J connectivity index is 2.38. The van der Waals surface area contributed by atoms with Crippen LogP contribution in [0.5, 0.6) is 0 Å². The fourth-order valence-electron chi connectivity index (χ4n) is 1.47. The van der Waals surface area contributed by atoms with E-state index in [0.29, 0.717) is 6.54 Å². The van der Waals surface area contributed by atoms with Crippen molar-refractivity contribution in [3.8, 4) is 0 Å². The van der Waals surface area contributed by atoms with Crippen molar-refractivity contribution in [3.05, 3.63) is 11.6 Å². The zero-order chi connectivity index (χ0) is 12.0. The number of hydrogen-bond acceptors (Lipinski definition) is 4. The Morgan fingerprint density at radius 3 is 2.94 bits per heavy atom. The largest absolute Gasteiger partial charge is 0.381 e. The normalized spacial score (nSPS) is 19.2. The number of sulfonamides is 1. The van der Waals surface area contributed by atoms with Crippen LogP contribution in [0.4, 0.5) is 0 Å². The molecule has 0 saturated carbocycles. The van der Waals surface area contributed by atoms with Crippen LogP contribution in [0.15, 0.2) is 11.6 Å². The third-order valence-electron chi connectivity index (χ3n) is 2.53. The second-order valence-corrected chi connectivity index (χ2v) is 5.82. The first-order chi connectivity index (χ1) is 7.53. The maximum absolute atomic E-state index is 11.6. The molecule has 0 aliphatic carbocycles. The van der Waals surface area contributed by atoms with Crippen molar-refractivity contribution in [2.24, 2.45) is 0 Å². The summed E-state index contributed by atoms with van der Waals surface area (Å²) in [5.41, 5.74) is 1.15. The lowest BCUT2D eigenvalue weighted by Crippen LogP contribution is -2.34. The van der Waals surface area contributed by atoms with E-state index >= 15 is 0 Å². The molecule has 1 aliphatic heterocycles. The topological polar surface area (TPSA) is 67.4 Å². The summed E-state index contributed by atoms with van der Waals surface area (Å²) in [6.45, 7) is 3.90. The van der Waals surface area contributed by atoms with Crippen molar-refractivity contribution in [2.75, 3.05) is 32.5 Å². The Morgan fingerprint density at radius 1 is 1.62 bits per heavy atom. The lowest BCUT2D eigenvalue weighted by molar-refractivity contribution is 0.136. The van der Waals surface area contributed by atoms with Gasteiger partial charge in [-0.3, -0.25) is 0 Å². The summed E-state index contributed by atoms with van der Waals surface area (Å²) in [4.78, 5) is 0. The molecule has 0 radical (unpaired) electrons. The van der Waals surface area contributed by atoms with Crippen LogP contribution in [-0.2, 0) is 14.8 Å². The molecule has 0 amide bonds. The zero-order valence-corrected chi connectivity index (χ0v) is 10.6. The fraction of sp³-hybridized carbons (Fsp3) is 0.800. The smallest absolute Gasteiger partial charge is 0.214 e. The molecule has 94 valence electrons. The van der Waals surface area contributed by atoms with E-state index < -0.39 is 10.0 Å². The van der Waals surface area contributed by atoms with Crippen molar-refractivity contribution >= 4 is 10.0 Å². The van der Waals surface area contributed by atoms with Gasteiger partial charge >= 0.3 is 0 Å². The van der Waals surface area contributed by atoms with E-state index in [1.165, 1.54) is 7.11 Å². The lowest BCUT2D eigenvalue weighted by Gasteiger charge is -2.15. The molecule has 0 bridgehead atoms. The Bertz CT molecular complexity index is 338. The van der Waals surface area contributed by atoms with E-state index in [4.69, 9.17) is 4.74 Å². The van der Waals surface area contributed by atoms with E-state index in [2.05, 4.69) is 10.0 Å². The van der Waals surface area contributed by atoms with Gasteiger partial charge in [0.1, 0.15) is 0 Å². The fourth-order valence-corrected chi connectivity index (χ4v) is 2.75. The van der Waals surface area contributed by atoms with Crippen LogP contribution in [0, 0.1) is 0 Å². The van der Waals surface area contributed by atoms with Crippen LogP contribution in [0.3, 0.4) is 0 Å². The molecule has 16 heavy (non-hydrogen) atoms. The maximum Gasteiger partial charge on any atom is 0.214 e. The molecule has 1 heterocycles. The average Bonchev–Trinajstić information content (AvgIpc) is 2.27. The maximum atomic E-state index is 11.6. The minimum atomic E-state index is -3.23. The molecule has 0 fully saturated rings. The van der Waals surface area contributed by atoms with Gasteiger partial charge in [-0.05, 0) is 19.9 Å². The molecule has 1 rings (SSSR count). The summed E-state index contributed by atoms with van der Waals surface area (Å²) >= 11 is 0. The van der Waals surface area contributed by atoms with E-state index in [1.807, 2.05) is 6.08 Å². The molecule has 2 N–H and O–H groups in total. The van der Waals surface area contributed by atoms with Crippen LogP contribution in [0.2, 0.25) is 0 Å². The summed E-state index contributed by atoms with van der Waals surface area (Å²) in [6.07, 6.45) is 2.66. The minimum Gasteiger partial charge on any atom is -0.381 e. The molecule has 0 spiro atoms. The highest BCUT2D eigenvalue weighted by Gasteiger charge is 2.15. The monoisotopic (exact) mass is 248 g/mol. The minimum absolute atomic E-state index is 0.00896. The number of rotatable bonds is 6. The Morgan fingerprint density at radius 2 is 2.38 bits per heavy atom. The van der Waals surface area contributed by atoms with Crippen molar-refractivity contribution in [1.29, 1.82) is 0 Å². The van der Waals surface area contributed by atoms with Gasteiger partial charge in [-0.15, -0.1) is 0 Å². The Hall–Kier alpha value is -0.430. The summed E-state index contributed by atoms with van der Waals surface area (Å²) in [7, 11) is -1.72. The van der Waals surface area contributed by atoms with Crippen molar-refractivity contribution < 1.29 is 13.2 Å². The average molecular weight is 248 g/mol. The molecule has 0 saturated heterocycles. The first kappa shape index (κ1) is 13.6. The van der Waals surface area contributed by atoms with E-state index in [0.717, 1.165) is 25.1 Å². The van der Waals surface area contributed by atoms with E-state index in [9.17, 15) is 8.42 Å². The zero-order valence-electron chi connectivity index (χ0n) is 9.82. The predicted molar refractivity (Wildman–Crippen MR) is 63.8 cm³/mol. The molecule has 1 atom stereocenters. The van der Waals surface area contributed by atoms with E-state index in [-0.39, 0.29) is 11.9 Å². The van der Waals surface area contributed by atoms with Crippen LogP contribution in [-0.4, -0.2) is 47.0 Å². The molecule has 1 aliphatic rings. The first-order valence-corrected chi connectivity index (χ1v) is 7.07. The molecule has 0 aromatic rings. The van der Waals surface area contributed by atoms with Crippen LogP contribution in [0.1, 0.15) is 13.3 Å². The number of hydrogen-bond donors (Lipinski definition) is 2.